The summed E-state index contributed by atoms with van der Waals surface area (Å²) < 4.78 is 7.09. The minimum Gasteiger partial charge on any atom is -0.497 e. The number of methoxy groups -OCH3 is 1. The maximum atomic E-state index is 13.0. The van der Waals surface area contributed by atoms with E-state index in [0.717, 1.165) is 36.4 Å². The van der Waals surface area contributed by atoms with Crippen LogP contribution >= 0.6 is 0 Å². The SMILES string of the molecule is COc1cccc(-c2nn(-c3ccccc3)cc2C(=O)NCC2CCCN2)c1. The molecule has 1 aliphatic heterocycles. The van der Waals surface area contributed by atoms with E-state index in [-0.39, 0.29) is 5.91 Å². The van der Waals surface area contributed by atoms with Crippen LogP contribution in [0.2, 0.25) is 0 Å². The number of nitrogens with zero attached hydrogens (tertiary/aromatic N) is 2. The summed E-state index contributed by atoms with van der Waals surface area (Å²) in [4.78, 5) is 13.0. The van der Waals surface area contributed by atoms with Gasteiger partial charge >= 0.3 is 0 Å². The van der Waals surface area contributed by atoms with Crippen LogP contribution in [0.5, 0.6) is 5.75 Å². The molecular weight excluding hydrogens is 352 g/mol. The molecule has 3 aromatic rings. The van der Waals surface area contributed by atoms with Crippen molar-refractivity contribution in [3.8, 4) is 22.7 Å². The van der Waals surface area contributed by atoms with Crippen LogP contribution in [0.15, 0.2) is 60.8 Å². The van der Waals surface area contributed by atoms with Crippen LogP contribution in [-0.2, 0) is 0 Å². The molecule has 2 heterocycles. The lowest BCUT2D eigenvalue weighted by atomic mass is 10.1. The topological polar surface area (TPSA) is 68.2 Å². The summed E-state index contributed by atoms with van der Waals surface area (Å²) in [6, 6.07) is 17.7. The van der Waals surface area contributed by atoms with Crippen LogP contribution in [0.4, 0.5) is 0 Å². The Morgan fingerprint density at radius 2 is 2.11 bits per heavy atom. The van der Waals surface area contributed by atoms with Gasteiger partial charge in [0.2, 0.25) is 0 Å². The molecule has 1 atom stereocenters. The Hall–Kier alpha value is -3.12. The fourth-order valence-corrected chi connectivity index (χ4v) is 3.48. The molecule has 0 bridgehead atoms. The van der Waals surface area contributed by atoms with Crippen LogP contribution in [-0.4, -0.2) is 41.9 Å². The van der Waals surface area contributed by atoms with E-state index in [1.165, 1.54) is 0 Å². The zero-order valence-electron chi connectivity index (χ0n) is 15.9. The lowest BCUT2D eigenvalue weighted by Crippen LogP contribution is -2.37. The van der Waals surface area contributed by atoms with Crippen molar-refractivity contribution in [3.63, 3.8) is 0 Å². The maximum Gasteiger partial charge on any atom is 0.255 e. The summed E-state index contributed by atoms with van der Waals surface area (Å²) in [6.45, 7) is 1.63. The van der Waals surface area contributed by atoms with E-state index >= 15 is 0 Å². The minimum absolute atomic E-state index is 0.117. The fourth-order valence-electron chi connectivity index (χ4n) is 3.48. The molecule has 1 unspecified atom stereocenters. The predicted molar refractivity (Wildman–Crippen MR) is 109 cm³/mol. The molecule has 1 aliphatic rings. The van der Waals surface area contributed by atoms with E-state index in [1.54, 1.807) is 18.0 Å². The summed E-state index contributed by atoms with van der Waals surface area (Å²) >= 11 is 0. The highest BCUT2D eigenvalue weighted by molar-refractivity contribution is 6.00. The summed E-state index contributed by atoms with van der Waals surface area (Å²) in [5.41, 5.74) is 2.94. The van der Waals surface area contributed by atoms with Gasteiger partial charge in [-0.15, -0.1) is 0 Å². The molecule has 1 amide bonds. The van der Waals surface area contributed by atoms with Gasteiger partial charge in [-0.1, -0.05) is 30.3 Å². The van der Waals surface area contributed by atoms with Crippen molar-refractivity contribution in [2.45, 2.75) is 18.9 Å². The van der Waals surface area contributed by atoms with Crippen molar-refractivity contribution in [1.82, 2.24) is 20.4 Å². The Morgan fingerprint density at radius 3 is 2.86 bits per heavy atom. The van der Waals surface area contributed by atoms with Crippen LogP contribution in [0.1, 0.15) is 23.2 Å². The highest BCUT2D eigenvalue weighted by atomic mass is 16.5. The molecule has 2 aromatic carbocycles. The highest BCUT2D eigenvalue weighted by Gasteiger charge is 2.21. The molecule has 2 N–H and O–H groups in total. The number of hydrogen-bond donors (Lipinski definition) is 2. The smallest absolute Gasteiger partial charge is 0.255 e. The van der Waals surface area contributed by atoms with E-state index in [4.69, 9.17) is 9.84 Å². The Morgan fingerprint density at radius 1 is 1.25 bits per heavy atom. The number of ether oxygens (including phenoxy) is 1. The lowest BCUT2D eigenvalue weighted by molar-refractivity contribution is 0.0951. The van der Waals surface area contributed by atoms with Gasteiger partial charge in [0.15, 0.2) is 0 Å². The van der Waals surface area contributed by atoms with Crippen molar-refractivity contribution in [2.75, 3.05) is 20.2 Å². The van der Waals surface area contributed by atoms with Crippen molar-refractivity contribution < 1.29 is 9.53 Å². The molecule has 0 saturated carbocycles. The third-order valence-electron chi connectivity index (χ3n) is 4.99. The predicted octanol–water partition coefficient (Wildman–Crippen LogP) is 3.03. The van der Waals surface area contributed by atoms with Crippen molar-refractivity contribution in [3.05, 3.63) is 66.4 Å². The van der Waals surface area contributed by atoms with Gasteiger partial charge in [0.05, 0.1) is 18.4 Å². The van der Waals surface area contributed by atoms with Gasteiger partial charge in [0.25, 0.3) is 5.91 Å². The summed E-state index contributed by atoms with van der Waals surface area (Å²) in [5.74, 6) is 0.613. The van der Waals surface area contributed by atoms with Crippen LogP contribution in [0.25, 0.3) is 16.9 Å². The number of hydrogen-bond acceptors (Lipinski definition) is 4. The van der Waals surface area contributed by atoms with E-state index < -0.39 is 0 Å². The number of carbonyl (C=O) groups is 1. The van der Waals surface area contributed by atoms with Crippen molar-refractivity contribution >= 4 is 5.91 Å². The van der Waals surface area contributed by atoms with E-state index in [1.807, 2.05) is 54.6 Å². The molecule has 0 spiro atoms. The van der Waals surface area contributed by atoms with Gasteiger partial charge in [0.1, 0.15) is 11.4 Å². The second-order valence-electron chi connectivity index (χ2n) is 6.91. The van der Waals surface area contributed by atoms with E-state index in [9.17, 15) is 4.79 Å². The second-order valence-corrected chi connectivity index (χ2v) is 6.91. The molecule has 6 nitrogen and oxygen atoms in total. The number of para-hydroxylation sites is 1. The third-order valence-corrected chi connectivity index (χ3v) is 4.99. The van der Waals surface area contributed by atoms with Crippen molar-refractivity contribution in [1.29, 1.82) is 0 Å². The number of aromatic nitrogens is 2. The van der Waals surface area contributed by atoms with Gasteiger partial charge in [-0.2, -0.15) is 5.10 Å². The summed E-state index contributed by atoms with van der Waals surface area (Å²) in [7, 11) is 1.63. The zero-order valence-corrected chi connectivity index (χ0v) is 15.9. The Bertz CT molecular complexity index is 946. The first kappa shape index (κ1) is 18.3. The number of rotatable bonds is 6. The first-order chi connectivity index (χ1) is 13.7. The number of carbonyl (C=O) groups excluding carboxylic acids is 1. The van der Waals surface area contributed by atoms with Crippen LogP contribution in [0.3, 0.4) is 0 Å². The Balaban J connectivity index is 1.68. The van der Waals surface area contributed by atoms with Gasteiger partial charge in [-0.3, -0.25) is 4.79 Å². The standard InChI is InChI=1S/C22H24N4O2/c1-28-19-11-5-7-16(13-19)21-20(22(27)24-14-17-8-6-12-23-17)15-26(25-21)18-9-3-2-4-10-18/h2-5,7,9-11,13,15,17,23H,6,8,12,14H2,1H3,(H,24,27). The molecule has 4 rings (SSSR count). The first-order valence-electron chi connectivity index (χ1n) is 9.55. The number of amides is 1. The zero-order chi connectivity index (χ0) is 19.3. The molecule has 1 aromatic heterocycles. The van der Waals surface area contributed by atoms with Gasteiger partial charge < -0.3 is 15.4 Å². The number of benzene rings is 2. The van der Waals surface area contributed by atoms with E-state index in [2.05, 4.69) is 10.6 Å². The first-order valence-corrected chi connectivity index (χ1v) is 9.55. The molecule has 0 radical (unpaired) electrons. The van der Waals surface area contributed by atoms with Crippen molar-refractivity contribution in [2.24, 2.45) is 0 Å². The average molecular weight is 376 g/mol. The molecule has 144 valence electrons. The number of nitrogens with one attached hydrogen (secondary N) is 2. The van der Waals surface area contributed by atoms with Gasteiger partial charge in [-0.05, 0) is 43.7 Å². The monoisotopic (exact) mass is 376 g/mol. The van der Waals surface area contributed by atoms with E-state index in [0.29, 0.717) is 23.8 Å². The maximum absolute atomic E-state index is 13.0. The Labute approximate surface area is 164 Å². The quantitative estimate of drug-likeness (QED) is 0.694. The van der Waals surface area contributed by atoms with Gasteiger partial charge in [0, 0.05) is 24.3 Å². The van der Waals surface area contributed by atoms with Crippen LogP contribution < -0.4 is 15.4 Å². The fraction of sp³-hybridized carbons (Fsp3) is 0.273. The van der Waals surface area contributed by atoms with Gasteiger partial charge in [-0.25, -0.2) is 4.68 Å². The molecule has 1 fully saturated rings. The molecule has 6 heteroatoms. The largest absolute Gasteiger partial charge is 0.497 e. The minimum atomic E-state index is -0.117. The molecular formula is C22H24N4O2. The average Bonchev–Trinajstić information content (AvgIpc) is 3.43. The lowest BCUT2D eigenvalue weighted by Gasteiger charge is -2.11. The summed E-state index contributed by atoms with van der Waals surface area (Å²) in [5, 5.41) is 11.2. The molecule has 1 saturated heterocycles. The second kappa shape index (κ2) is 8.27. The molecule has 28 heavy (non-hydrogen) atoms. The van der Waals surface area contributed by atoms with Crippen LogP contribution in [0, 0.1) is 0 Å². The Kier molecular flexibility index (Phi) is 5.39. The molecule has 0 aliphatic carbocycles. The summed E-state index contributed by atoms with van der Waals surface area (Å²) in [6.07, 6.45) is 4.04. The third kappa shape index (κ3) is 3.92. The normalized spacial score (nSPS) is 16.1. The highest BCUT2D eigenvalue weighted by Crippen LogP contribution is 2.27.